The predicted octanol–water partition coefficient (Wildman–Crippen LogP) is 1.31. The van der Waals surface area contributed by atoms with Crippen molar-refractivity contribution in [1.29, 1.82) is 0 Å². The van der Waals surface area contributed by atoms with E-state index in [9.17, 15) is 24.6 Å². The van der Waals surface area contributed by atoms with Crippen molar-refractivity contribution in [2.45, 2.75) is 61.6 Å². The molecule has 0 aromatic rings. The Morgan fingerprint density at radius 2 is 2.00 bits per heavy atom. The van der Waals surface area contributed by atoms with Crippen LogP contribution < -0.4 is 0 Å². The number of carboxylic acid groups (broad SMARTS) is 1. The van der Waals surface area contributed by atoms with Crippen molar-refractivity contribution in [1.82, 2.24) is 14.7 Å². The Balaban J connectivity index is 1.70. The molecule has 0 aliphatic carbocycles. The molecule has 202 valence electrons. The largest absolute Gasteiger partial charge is 0.481 e. The van der Waals surface area contributed by atoms with E-state index in [1.54, 1.807) is 15.9 Å². The van der Waals surface area contributed by atoms with Crippen LogP contribution in [0.1, 0.15) is 40.0 Å². The van der Waals surface area contributed by atoms with Crippen LogP contribution in [0.2, 0.25) is 0 Å². The Hall–Kier alpha value is -1.62. The molecule has 0 radical (unpaired) electrons. The van der Waals surface area contributed by atoms with Crippen LogP contribution in [0.25, 0.3) is 0 Å². The highest BCUT2D eigenvalue weighted by atomic mass is 32.2. The van der Waals surface area contributed by atoms with Crippen LogP contribution in [0.5, 0.6) is 0 Å². The van der Waals surface area contributed by atoms with Gasteiger partial charge in [0.05, 0.1) is 42.4 Å². The first-order chi connectivity index (χ1) is 17.1. The van der Waals surface area contributed by atoms with E-state index < -0.39 is 39.4 Å². The number of carbonyl (C=O) groups excluding carboxylic acids is 2. The molecule has 2 unspecified atom stereocenters. The number of nitrogens with zero attached hydrogens (tertiary/aromatic N) is 3. The van der Waals surface area contributed by atoms with Crippen LogP contribution in [0, 0.1) is 17.8 Å². The molecule has 4 rings (SSSR count). The molecule has 4 aliphatic rings. The maximum atomic E-state index is 14.4. The summed E-state index contributed by atoms with van der Waals surface area (Å²) in [5, 5.41) is 20.5. The average Bonchev–Trinajstić information content (AvgIpc) is 3.41. The van der Waals surface area contributed by atoms with Crippen LogP contribution in [0.15, 0.2) is 12.7 Å². The van der Waals surface area contributed by atoms with Gasteiger partial charge >= 0.3 is 5.97 Å². The summed E-state index contributed by atoms with van der Waals surface area (Å²) in [6.45, 7) is 14.1. The first-order valence-corrected chi connectivity index (χ1v) is 14.0. The van der Waals surface area contributed by atoms with Gasteiger partial charge in [0, 0.05) is 37.5 Å². The number of carboxylic acids is 1. The first-order valence-electron chi connectivity index (χ1n) is 13.2. The standard InChI is InChI=1S/C26H41N3O6S/c1-5-8-28(10-9-27-11-13-35-14-12-27)23(32)21-26-7-6-25(4,36-26)20(24(33)34)19(26)22(31)29(21)18(16-30)15-17(2)3/h5,17-21,30H,1,6-16H2,2-4H3,(H,33,34)/t18-,19+,20-,21?,25+,26?/m1/s1. The summed E-state index contributed by atoms with van der Waals surface area (Å²) >= 11 is 1.54. The van der Waals surface area contributed by atoms with Crippen LogP contribution in [-0.2, 0) is 19.1 Å². The second-order valence-electron chi connectivity index (χ2n) is 11.3. The number of aliphatic hydroxyl groups excluding tert-OH is 1. The number of thioether (sulfide) groups is 1. The van der Waals surface area contributed by atoms with Crippen molar-refractivity contribution >= 4 is 29.5 Å². The maximum absolute atomic E-state index is 14.4. The lowest BCUT2D eigenvalue weighted by molar-refractivity contribution is -0.151. The second kappa shape index (κ2) is 10.6. The lowest BCUT2D eigenvalue weighted by atomic mass is 9.66. The van der Waals surface area contributed by atoms with Crippen molar-refractivity contribution < 1.29 is 29.3 Å². The van der Waals surface area contributed by atoms with E-state index in [0.717, 1.165) is 13.1 Å². The van der Waals surface area contributed by atoms with Crippen LogP contribution >= 0.6 is 11.8 Å². The van der Waals surface area contributed by atoms with Crippen LogP contribution in [0.4, 0.5) is 0 Å². The fourth-order valence-electron chi connectivity index (χ4n) is 6.94. The molecule has 9 nitrogen and oxygen atoms in total. The highest BCUT2D eigenvalue weighted by Crippen LogP contribution is 2.71. The molecule has 4 saturated heterocycles. The molecule has 6 atom stereocenters. The maximum Gasteiger partial charge on any atom is 0.308 e. The van der Waals surface area contributed by atoms with Crippen molar-refractivity contribution in [3.8, 4) is 0 Å². The van der Waals surface area contributed by atoms with Crippen molar-refractivity contribution in [2.24, 2.45) is 17.8 Å². The first kappa shape index (κ1) is 27.4. The number of fused-ring (bicyclic) bond motifs is 1. The van der Waals surface area contributed by atoms with E-state index >= 15 is 0 Å². The minimum absolute atomic E-state index is 0.163. The number of rotatable bonds is 11. The lowest BCUT2D eigenvalue weighted by Crippen LogP contribution is -2.58. The Labute approximate surface area is 218 Å². The Morgan fingerprint density at radius 1 is 1.31 bits per heavy atom. The second-order valence-corrected chi connectivity index (χ2v) is 13.2. The fourth-order valence-corrected chi connectivity index (χ4v) is 9.27. The molecule has 2 N–H and O–H groups in total. The van der Waals surface area contributed by atoms with Gasteiger partial charge in [0.25, 0.3) is 0 Å². The van der Waals surface area contributed by atoms with Crippen LogP contribution in [-0.4, -0.2) is 117 Å². The molecule has 1 spiro atoms. The molecule has 0 aromatic heterocycles. The Kier molecular flexibility index (Phi) is 8.09. The summed E-state index contributed by atoms with van der Waals surface area (Å²) in [7, 11) is 0. The number of hydrogen-bond acceptors (Lipinski definition) is 7. The molecule has 2 amide bonds. The number of aliphatic hydroxyl groups is 1. The Morgan fingerprint density at radius 3 is 2.58 bits per heavy atom. The molecule has 4 heterocycles. The van der Waals surface area contributed by atoms with Gasteiger partial charge in [-0.2, -0.15) is 0 Å². The summed E-state index contributed by atoms with van der Waals surface area (Å²) in [6.07, 6.45) is 3.52. The number of likely N-dealkylation sites (tertiary alicyclic amines) is 1. The van der Waals surface area contributed by atoms with E-state index in [0.29, 0.717) is 52.1 Å². The summed E-state index contributed by atoms with van der Waals surface area (Å²) in [5.41, 5.74) is 0. The number of ether oxygens (including phenoxy) is 1. The highest BCUT2D eigenvalue weighted by molar-refractivity contribution is 8.02. The third-order valence-corrected chi connectivity index (χ3v) is 10.5. The number of amides is 2. The molecule has 2 bridgehead atoms. The quantitative estimate of drug-likeness (QED) is 0.390. The minimum Gasteiger partial charge on any atom is -0.481 e. The van der Waals surface area contributed by atoms with Gasteiger partial charge in [-0.25, -0.2) is 0 Å². The fraction of sp³-hybridized carbons (Fsp3) is 0.808. The molecule has 10 heteroatoms. The monoisotopic (exact) mass is 523 g/mol. The van der Waals surface area contributed by atoms with Gasteiger partial charge in [0.1, 0.15) is 6.04 Å². The predicted molar refractivity (Wildman–Crippen MR) is 138 cm³/mol. The zero-order valence-electron chi connectivity index (χ0n) is 21.7. The van der Waals surface area contributed by atoms with E-state index in [4.69, 9.17) is 4.74 Å². The highest BCUT2D eigenvalue weighted by Gasteiger charge is 2.78. The summed E-state index contributed by atoms with van der Waals surface area (Å²) in [4.78, 5) is 46.5. The van der Waals surface area contributed by atoms with Gasteiger partial charge in [-0.15, -0.1) is 18.3 Å². The van der Waals surface area contributed by atoms with Crippen molar-refractivity contribution in [3.63, 3.8) is 0 Å². The molecular weight excluding hydrogens is 482 g/mol. The topological polar surface area (TPSA) is 111 Å². The number of hydrogen-bond donors (Lipinski definition) is 2. The van der Waals surface area contributed by atoms with E-state index in [2.05, 4.69) is 11.5 Å². The SMILES string of the molecule is C=CCN(CCN1CCOCC1)C(=O)C1N([C@@H](CO)CC(C)C)C(=O)[C@@H]2[C@H](C(=O)O)[C@]3(C)CCC12S3. The zero-order chi connectivity index (χ0) is 26.3. The number of aliphatic carboxylic acids is 1. The molecule has 36 heavy (non-hydrogen) atoms. The number of carbonyl (C=O) groups is 3. The molecular formula is C26H41N3O6S. The third-order valence-electron chi connectivity index (χ3n) is 8.51. The molecule has 4 fully saturated rings. The molecule has 0 aromatic carbocycles. The summed E-state index contributed by atoms with van der Waals surface area (Å²) in [6, 6.07) is -1.33. The third kappa shape index (κ3) is 4.59. The van der Waals surface area contributed by atoms with Gasteiger partial charge in [-0.05, 0) is 32.1 Å². The summed E-state index contributed by atoms with van der Waals surface area (Å²) in [5.74, 6) is -2.84. The smallest absolute Gasteiger partial charge is 0.308 e. The zero-order valence-corrected chi connectivity index (χ0v) is 22.5. The van der Waals surface area contributed by atoms with Gasteiger partial charge in [0.15, 0.2) is 0 Å². The molecule has 4 aliphatic heterocycles. The molecule has 0 saturated carbocycles. The lowest BCUT2D eigenvalue weighted by Gasteiger charge is -2.40. The van der Waals surface area contributed by atoms with E-state index in [1.165, 1.54) is 11.8 Å². The van der Waals surface area contributed by atoms with Crippen LogP contribution in [0.3, 0.4) is 0 Å². The number of morpholine rings is 1. The minimum atomic E-state index is -0.974. The van der Waals surface area contributed by atoms with Gasteiger partial charge < -0.3 is 24.7 Å². The van der Waals surface area contributed by atoms with E-state index in [1.807, 2.05) is 20.8 Å². The van der Waals surface area contributed by atoms with Crippen molar-refractivity contribution in [3.05, 3.63) is 12.7 Å². The van der Waals surface area contributed by atoms with Gasteiger partial charge in [0.2, 0.25) is 11.8 Å². The van der Waals surface area contributed by atoms with Gasteiger partial charge in [-0.3, -0.25) is 19.3 Å². The normalized spacial score (nSPS) is 34.8. The van der Waals surface area contributed by atoms with E-state index in [-0.39, 0.29) is 24.3 Å². The van der Waals surface area contributed by atoms with Gasteiger partial charge in [-0.1, -0.05) is 19.9 Å². The van der Waals surface area contributed by atoms with Crippen molar-refractivity contribution in [2.75, 3.05) is 52.5 Å². The summed E-state index contributed by atoms with van der Waals surface area (Å²) < 4.78 is 4.06. The average molecular weight is 524 g/mol. The Bertz CT molecular complexity index is 880.